The molecule has 1 fully saturated rings. The van der Waals surface area contributed by atoms with E-state index in [-0.39, 0.29) is 28.2 Å². The third-order valence-electron chi connectivity index (χ3n) is 5.93. The Morgan fingerprint density at radius 3 is 2.21 bits per heavy atom. The maximum Gasteiger partial charge on any atom is 0.252 e. The molecular weight excluding hydrogens is 436 g/mol. The second-order valence-corrected chi connectivity index (χ2v) is 10.1. The van der Waals surface area contributed by atoms with Gasteiger partial charge in [0.25, 0.3) is 5.91 Å². The van der Waals surface area contributed by atoms with Crippen molar-refractivity contribution in [3.05, 3.63) is 95.1 Å². The number of methoxy groups -OCH3 is 1. The van der Waals surface area contributed by atoms with E-state index in [1.54, 1.807) is 12.1 Å². The second kappa shape index (κ2) is 9.77. The Bertz CT molecular complexity index is 1220. The predicted octanol–water partition coefficient (Wildman–Crippen LogP) is 4.31. The number of hydrogen-bond donors (Lipinski definition) is 1. The molecule has 7 heteroatoms. The average Bonchev–Trinajstić information content (AvgIpc) is 3.39. The SMILES string of the molecule is COc1ccc(C(=O)NC(c2ccccc2)c2ccc(C)cc2)cc1S(=O)(=O)N1CCCC1. The number of aryl methyl sites for hydroxylation is 1. The van der Waals surface area contributed by atoms with Crippen LogP contribution in [0.15, 0.2) is 77.7 Å². The Kier molecular flexibility index (Phi) is 6.81. The molecule has 172 valence electrons. The van der Waals surface area contributed by atoms with Gasteiger partial charge in [-0.1, -0.05) is 60.2 Å². The first-order chi connectivity index (χ1) is 15.9. The Morgan fingerprint density at radius 2 is 1.58 bits per heavy atom. The zero-order chi connectivity index (χ0) is 23.4. The number of amides is 1. The number of ether oxygens (including phenoxy) is 1. The van der Waals surface area contributed by atoms with Crippen molar-refractivity contribution in [2.75, 3.05) is 20.2 Å². The molecule has 33 heavy (non-hydrogen) atoms. The van der Waals surface area contributed by atoms with Crippen LogP contribution >= 0.6 is 0 Å². The maximum absolute atomic E-state index is 13.3. The van der Waals surface area contributed by atoms with Crippen LogP contribution < -0.4 is 10.1 Å². The molecule has 3 aromatic carbocycles. The molecule has 1 aliphatic rings. The summed E-state index contributed by atoms with van der Waals surface area (Å²) in [6.07, 6.45) is 1.66. The van der Waals surface area contributed by atoms with Gasteiger partial charge in [0.15, 0.2) is 0 Å². The summed E-state index contributed by atoms with van der Waals surface area (Å²) in [6, 6.07) is 21.9. The van der Waals surface area contributed by atoms with E-state index < -0.39 is 10.0 Å². The summed E-state index contributed by atoms with van der Waals surface area (Å²) in [5.41, 5.74) is 3.28. The number of carbonyl (C=O) groups is 1. The van der Waals surface area contributed by atoms with E-state index in [1.807, 2.05) is 61.5 Å². The number of nitrogens with zero attached hydrogens (tertiary/aromatic N) is 1. The lowest BCUT2D eigenvalue weighted by atomic mass is 9.97. The van der Waals surface area contributed by atoms with E-state index in [4.69, 9.17) is 4.74 Å². The molecule has 3 aromatic rings. The van der Waals surface area contributed by atoms with Crippen LogP contribution in [0.2, 0.25) is 0 Å². The van der Waals surface area contributed by atoms with Crippen molar-refractivity contribution in [1.29, 1.82) is 0 Å². The highest BCUT2D eigenvalue weighted by Gasteiger charge is 2.31. The van der Waals surface area contributed by atoms with Gasteiger partial charge in [0, 0.05) is 18.7 Å². The third-order valence-corrected chi connectivity index (χ3v) is 7.85. The summed E-state index contributed by atoms with van der Waals surface area (Å²) in [5.74, 6) is -0.124. The number of benzene rings is 3. The molecule has 1 atom stereocenters. The fourth-order valence-electron chi connectivity index (χ4n) is 4.07. The molecule has 0 bridgehead atoms. The summed E-state index contributed by atoms with van der Waals surface area (Å²) in [6.45, 7) is 2.97. The second-order valence-electron chi connectivity index (χ2n) is 8.20. The van der Waals surface area contributed by atoms with Crippen LogP contribution in [0.25, 0.3) is 0 Å². The van der Waals surface area contributed by atoms with Crippen molar-refractivity contribution in [2.24, 2.45) is 0 Å². The van der Waals surface area contributed by atoms with Crippen LogP contribution in [0, 0.1) is 6.92 Å². The molecule has 0 aliphatic carbocycles. The van der Waals surface area contributed by atoms with Crippen LogP contribution in [0.4, 0.5) is 0 Å². The Balaban J connectivity index is 1.68. The van der Waals surface area contributed by atoms with E-state index in [9.17, 15) is 13.2 Å². The summed E-state index contributed by atoms with van der Waals surface area (Å²) in [4.78, 5) is 13.3. The molecule has 6 nitrogen and oxygen atoms in total. The molecule has 1 aliphatic heterocycles. The summed E-state index contributed by atoms with van der Waals surface area (Å²) in [5, 5.41) is 3.08. The highest BCUT2D eigenvalue weighted by atomic mass is 32.2. The molecule has 4 rings (SSSR count). The maximum atomic E-state index is 13.3. The molecule has 1 saturated heterocycles. The van der Waals surface area contributed by atoms with Gasteiger partial charge in [0.1, 0.15) is 10.6 Å². The average molecular weight is 465 g/mol. The van der Waals surface area contributed by atoms with Gasteiger partial charge < -0.3 is 10.1 Å². The Hall–Kier alpha value is -3.16. The minimum atomic E-state index is -3.75. The zero-order valence-corrected chi connectivity index (χ0v) is 19.6. The third kappa shape index (κ3) is 4.94. The van der Waals surface area contributed by atoms with Crippen LogP contribution in [0.1, 0.15) is 45.9 Å². The van der Waals surface area contributed by atoms with Crippen molar-refractivity contribution in [1.82, 2.24) is 9.62 Å². The van der Waals surface area contributed by atoms with E-state index in [0.717, 1.165) is 29.5 Å². The number of nitrogens with one attached hydrogen (secondary N) is 1. The van der Waals surface area contributed by atoms with Gasteiger partial charge in [0.2, 0.25) is 10.0 Å². The quantitative estimate of drug-likeness (QED) is 0.565. The first-order valence-corrected chi connectivity index (χ1v) is 12.4. The number of carbonyl (C=O) groups excluding carboxylic acids is 1. The molecule has 1 N–H and O–H groups in total. The van der Waals surface area contributed by atoms with Crippen molar-refractivity contribution in [3.63, 3.8) is 0 Å². The molecule has 1 heterocycles. The highest BCUT2D eigenvalue weighted by molar-refractivity contribution is 7.89. The molecule has 0 aromatic heterocycles. The van der Waals surface area contributed by atoms with Crippen LogP contribution in [-0.2, 0) is 10.0 Å². The molecule has 1 amide bonds. The summed E-state index contributed by atoms with van der Waals surface area (Å²) < 4.78 is 33.2. The normalized spacial score (nSPS) is 15.2. The molecule has 1 unspecified atom stereocenters. The van der Waals surface area contributed by atoms with Crippen LogP contribution in [0.3, 0.4) is 0 Å². The van der Waals surface area contributed by atoms with Crippen molar-refractivity contribution in [3.8, 4) is 5.75 Å². The summed E-state index contributed by atoms with van der Waals surface area (Å²) >= 11 is 0. The van der Waals surface area contributed by atoms with Gasteiger partial charge in [-0.2, -0.15) is 4.31 Å². The molecule has 0 radical (unpaired) electrons. The fourth-order valence-corrected chi connectivity index (χ4v) is 5.76. The van der Waals surface area contributed by atoms with Crippen LogP contribution in [0.5, 0.6) is 5.75 Å². The van der Waals surface area contributed by atoms with Gasteiger partial charge in [-0.05, 0) is 49.1 Å². The van der Waals surface area contributed by atoms with Gasteiger partial charge in [0.05, 0.1) is 13.2 Å². The van der Waals surface area contributed by atoms with Crippen molar-refractivity contribution in [2.45, 2.75) is 30.7 Å². The zero-order valence-electron chi connectivity index (χ0n) is 18.8. The number of rotatable bonds is 7. The van der Waals surface area contributed by atoms with E-state index in [0.29, 0.717) is 13.1 Å². The fraction of sp³-hybridized carbons (Fsp3) is 0.269. The Morgan fingerprint density at radius 1 is 0.939 bits per heavy atom. The smallest absolute Gasteiger partial charge is 0.252 e. The largest absolute Gasteiger partial charge is 0.495 e. The lowest BCUT2D eigenvalue weighted by molar-refractivity contribution is 0.0942. The number of sulfonamides is 1. The minimum absolute atomic E-state index is 0.0196. The van der Waals surface area contributed by atoms with E-state index >= 15 is 0 Å². The van der Waals surface area contributed by atoms with Gasteiger partial charge in [-0.3, -0.25) is 4.79 Å². The standard InChI is InChI=1S/C26H28N2O4S/c1-19-10-12-21(13-11-19)25(20-8-4-3-5-9-20)27-26(29)22-14-15-23(32-2)24(18-22)33(30,31)28-16-6-7-17-28/h3-5,8-15,18,25H,6-7,16-17H2,1-2H3,(H,27,29). The number of hydrogen-bond acceptors (Lipinski definition) is 4. The van der Waals surface area contributed by atoms with E-state index in [1.165, 1.54) is 17.5 Å². The first kappa shape index (κ1) is 23.0. The van der Waals surface area contributed by atoms with Crippen LogP contribution in [-0.4, -0.2) is 38.8 Å². The Labute approximate surface area is 195 Å². The molecule has 0 saturated carbocycles. The van der Waals surface area contributed by atoms with Gasteiger partial charge in [-0.25, -0.2) is 8.42 Å². The van der Waals surface area contributed by atoms with Gasteiger partial charge in [-0.15, -0.1) is 0 Å². The van der Waals surface area contributed by atoms with Crippen molar-refractivity contribution < 1.29 is 17.9 Å². The van der Waals surface area contributed by atoms with Gasteiger partial charge >= 0.3 is 0 Å². The first-order valence-electron chi connectivity index (χ1n) is 11.0. The highest BCUT2D eigenvalue weighted by Crippen LogP contribution is 2.30. The topological polar surface area (TPSA) is 75.7 Å². The van der Waals surface area contributed by atoms with Crippen molar-refractivity contribution >= 4 is 15.9 Å². The van der Waals surface area contributed by atoms with E-state index in [2.05, 4.69) is 5.32 Å². The monoisotopic (exact) mass is 464 g/mol. The lowest BCUT2D eigenvalue weighted by Gasteiger charge is -2.21. The predicted molar refractivity (Wildman–Crippen MR) is 128 cm³/mol. The minimum Gasteiger partial charge on any atom is -0.495 e. The molecular formula is C26H28N2O4S. The summed E-state index contributed by atoms with van der Waals surface area (Å²) in [7, 11) is -2.32. The molecule has 0 spiro atoms. The lowest BCUT2D eigenvalue weighted by Crippen LogP contribution is -2.31.